The molecule has 2 rings (SSSR count). The van der Waals surface area contributed by atoms with Gasteiger partial charge in [0.15, 0.2) is 0 Å². The second-order valence-corrected chi connectivity index (χ2v) is 5.93. The maximum Gasteiger partial charge on any atom is 0.307 e. The molecule has 5 nitrogen and oxygen atoms in total. The molecule has 0 bridgehead atoms. The molecule has 1 saturated carbocycles. The van der Waals surface area contributed by atoms with E-state index in [4.69, 9.17) is 4.74 Å². The van der Waals surface area contributed by atoms with Crippen LogP contribution < -0.4 is 5.32 Å². The van der Waals surface area contributed by atoms with Gasteiger partial charge in [-0.1, -0.05) is 6.92 Å². The van der Waals surface area contributed by atoms with Crippen LogP contribution in [0.1, 0.15) is 32.6 Å². The summed E-state index contributed by atoms with van der Waals surface area (Å²) < 4.78 is 5.28. The Kier molecular flexibility index (Phi) is 4.80. The number of carboxylic acid groups (broad SMARTS) is 1. The van der Waals surface area contributed by atoms with Gasteiger partial charge in [-0.15, -0.1) is 0 Å². The fraction of sp³-hybridized carbons (Fsp3) is 0.857. The minimum atomic E-state index is -0.837. The van der Waals surface area contributed by atoms with E-state index in [9.17, 15) is 14.7 Å². The van der Waals surface area contributed by atoms with Crippen molar-refractivity contribution in [1.29, 1.82) is 0 Å². The van der Waals surface area contributed by atoms with Crippen LogP contribution in [0.4, 0.5) is 0 Å². The molecule has 1 amide bonds. The fourth-order valence-corrected chi connectivity index (χ4v) is 3.18. The Morgan fingerprint density at radius 3 is 2.47 bits per heavy atom. The first-order chi connectivity index (χ1) is 9.08. The molecule has 2 aliphatic rings. The Morgan fingerprint density at radius 1 is 1.21 bits per heavy atom. The van der Waals surface area contributed by atoms with Gasteiger partial charge >= 0.3 is 5.97 Å². The van der Waals surface area contributed by atoms with Crippen molar-refractivity contribution >= 4 is 11.9 Å². The highest BCUT2D eigenvalue weighted by molar-refractivity contribution is 5.85. The number of hydrogen-bond acceptors (Lipinski definition) is 3. The van der Waals surface area contributed by atoms with E-state index >= 15 is 0 Å². The van der Waals surface area contributed by atoms with Crippen LogP contribution in [0.15, 0.2) is 0 Å². The van der Waals surface area contributed by atoms with Gasteiger partial charge in [-0.25, -0.2) is 0 Å². The number of carbonyl (C=O) groups is 2. The van der Waals surface area contributed by atoms with Gasteiger partial charge in [-0.3, -0.25) is 9.59 Å². The number of amides is 1. The molecule has 1 aliphatic heterocycles. The normalized spacial score (nSPS) is 32.2. The van der Waals surface area contributed by atoms with Crippen molar-refractivity contribution in [1.82, 2.24) is 5.32 Å². The molecular formula is C14H23NO4. The lowest BCUT2D eigenvalue weighted by Gasteiger charge is -2.23. The molecule has 1 aliphatic carbocycles. The molecule has 0 radical (unpaired) electrons. The minimum absolute atomic E-state index is 0.0803. The standard InChI is InChI=1S/C14H23NO4/c1-9-6-11(12(7-9)14(17)18)13(16)15-8-10-2-4-19-5-3-10/h9-12H,2-8H2,1H3,(H,15,16)(H,17,18). The van der Waals surface area contributed by atoms with E-state index in [1.54, 1.807) is 0 Å². The first kappa shape index (κ1) is 14.3. The number of carboxylic acids is 1. The molecule has 0 aromatic heterocycles. The average molecular weight is 269 g/mol. The summed E-state index contributed by atoms with van der Waals surface area (Å²) in [4.78, 5) is 23.3. The summed E-state index contributed by atoms with van der Waals surface area (Å²) in [5.41, 5.74) is 0. The second kappa shape index (κ2) is 6.37. The second-order valence-electron chi connectivity index (χ2n) is 5.93. The zero-order valence-corrected chi connectivity index (χ0v) is 11.4. The van der Waals surface area contributed by atoms with Gasteiger partial charge in [0.25, 0.3) is 0 Å². The van der Waals surface area contributed by atoms with E-state index in [0.717, 1.165) is 26.1 Å². The van der Waals surface area contributed by atoms with Crippen LogP contribution >= 0.6 is 0 Å². The summed E-state index contributed by atoms with van der Waals surface area (Å²) >= 11 is 0. The SMILES string of the molecule is CC1CC(C(=O)O)C(C(=O)NCC2CCOCC2)C1. The van der Waals surface area contributed by atoms with E-state index in [2.05, 4.69) is 5.32 Å². The number of hydrogen-bond donors (Lipinski definition) is 2. The molecule has 5 heteroatoms. The third-order valence-corrected chi connectivity index (χ3v) is 4.36. The molecule has 3 atom stereocenters. The van der Waals surface area contributed by atoms with E-state index < -0.39 is 11.9 Å². The third kappa shape index (κ3) is 3.69. The fourth-order valence-electron chi connectivity index (χ4n) is 3.18. The van der Waals surface area contributed by atoms with Crippen LogP contribution in [0.3, 0.4) is 0 Å². The van der Waals surface area contributed by atoms with E-state index in [0.29, 0.717) is 31.2 Å². The largest absolute Gasteiger partial charge is 0.481 e. The first-order valence-electron chi connectivity index (χ1n) is 7.16. The summed E-state index contributed by atoms with van der Waals surface area (Å²) in [5, 5.41) is 12.1. The maximum atomic E-state index is 12.1. The average Bonchev–Trinajstić information content (AvgIpc) is 2.79. The molecule has 0 aromatic carbocycles. The lowest BCUT2D eigenvalue weighted by Crippen LogP contribution is -2.38. The molecular weight excluding hydrogens is 246 g/mol. The van der Waals surface area contributed by atoms with Gasteiger partial charge in [0, 0.05) is 19.8 Å². The van der Waals surface area contributed by atoms with Crippen LogP contribution in [-0.4, -0.2) is 36.7 Å². The zero-order valence-electron chi connectivity index (χ0n) is 11.4. The Balaban J connectivity index is 1.82. The number of rotatable bonds is 4. The molecule has 108 valence electrons. The molecule has 0 spiro atoms. The quantitative estimate of drug-likeness (QED) is 0.806. The summed E-state index contributed by atoms with van der Waals surface area (Å²) in [6.45, 7) is 4.19. The lowest BCUT2D eigenvalue weighted by molar-refractivity contribution is -0.146. The van der Waals surface area contributed by atoms with E-state index in [1.165, 1.54) is 0 Å². The topological polar surface area (TPSA) is 75.6 Å². The van der Waals surface area contributed by atoms with Crippen LogP contribution in [0.5, 0.6) is 0 Å². The smallest absolute Gasteiger partial charge is 0.307 e. The molecule has 2 N–H and O–H groups in total. The van der Waals surface area contributed by atoms with Gasteiger partial charge in [0.1, 0.15) is 0 Å². The first-order valence-corrected chi connectivity index (χ1v) is 7.16. The van der Waals surface area contributed by atoms with Crippen molar-refractivity contribution in [2.45, 2.75) is 32.6 Å². The molecule has 0 aromatic rings. The van der Waals surface area contributed by atoms with Crippen molar-refractivity contribution < 1.29 is 19.4 Å². The summed E-state index contributed by atoms with van der Waals surface area (Å²) in [5.74, 6) is -0.990. The van der Waals surface area contributed by atoms with Crippen molar-refractivity contribution in [3.8, 4) is 0 Å². The highest BCUT2D eigenvalue weighted by Crippen LogP contribution is 2.36. The molecule has 1 saturated heterocycles. The van der Waals surface area contributed by atoms with Crippen LogP contribution in [-0.2, 0) is 14.3 Å². The third-order valence-electron chi connectivity index (χ3n) is 4.36. The van der Waals surface area contributed by atoms with Crippen LogP contribution in [0, 0.1) is 23.7 Å². The summed E-state index contributed by atoms with van der Waals surface area (Å²) in [7, 11) is 0. The van der Waals surface area contributed by atoms with Gasteiger partial charge in [-0.05, 0) is 37.5 Å². The maximum absolute atomic E-state index is 12.1. The van der Waals surface area contributed by atoms with Crippen LogP contribution in [0.25, 0.3) is 0 Å². The number of nitrogens with one attached hydrogen (secondary N) is 1. The predicted octanol–water partition coefficient (Wildman–Crippen LogP) is 1.28. The van der Waals surface area contributed by atoms with Crippen LogP contribution in [0.2, 0.25) is 0 Å². The Morgan fingerprint density at radius 2 is 1.84 bits per heavy atom. The van der Waals surface area contributed by atoms with Crippen molar-refractivity contribution in [3.05, 3.63) is 0 Å². The van der Waals surface area contributed by atoms with Gasteiger partial charge in [0.05, 0.1) is 11.8 Å². The number of carbonyl (C=O) groups excluding carboxylic acids is 1. The van der Waals surface area contributed by atoms with Crippen molar-refractivity contribution in [2.24, 2.45) is 23.7 Å². The Bertz CT molecular complexity index is 338. The Labute approximate surface area is 113 Å². The number of ether oxygens (including phenoxy) is 1. The molecule has 19 heavy (non-hydrogen) atoms. The van der Waals surface area contributed by atoms with Crippen molar-refractivity contribution in [3.63, 3.8) is 0 Å². The Hall–Kier alpha value is -1.10. The number of aliphatic carboxylic acids is 1. The zero-order chi connectivity index (χ0) is 13.8. The lowest BCUT2D eigenvalue weighted by atomic mass is 9.94. The highest BCUT2D eigenvalue weighted by atomic mass is 16.5. The van der Waals surface area contributed by atoms with E-state index in [1.807, 2.05) is 6.92 Å². The van der Waals surface area contributed by atoms with Gasteiger partial charge in [-0.2, -0.15) is 0 Å². The van der Waals surface area contributed by atoms with Gasteiger partial charge < -0.3 is 15.2 Å². The molecule has 1 heterocycles. The predicted molar refractivity (Wildman–Crippen MR) is 69.6 cm³/mol. The summed E-state index contributed by atoms with van der Waals surface area (Å²) in [6.07, 6.45) is 3.26. The minimum Gasteiger partial charge on any atom is -0.481 e. The molecule has 3 unspecified atom stereocenters. The van der Waals surface area contributed by atoms with E-state index in [-0.39, 0.29) is 11.8 Å². The summed E-state index contributed by atoms with van der Waals surface area (Å²) in [6, 6.07) is 0. The molecule has 2 fully saturated rings. The highest BCUT2D eigenvalue weighted by Gasteiger charge is 2.41. The van der Waals surface area contributed by atoms with Gasteiger partial charge in [0.2, 0.25) is 5.91 Å². The van der Waals surface area contributed by atoms with Crippen molar-refractivity contribution in [2.75, 3.05) is 19.8 Å². The monoisotopic (exact) mass is 269 g/mol.